The molecule has 0 atom stereocenters. The topological polar surface area (TPSA) is 63.3 Å². The molecule has 0 saturated carbocycles. The Morgan fingerprint density at radius 3 is 2.76 bits per heavy atom. The molecule has 0 unspecified atom stereocenters. The van der Waals surface area contributed by atoms with Gasteiger partial charge in [-0.15, -0.1) is 0 Å². The number of aromatic nitrogens is 1. The molecule has 0 saturated heterocycles. The molecule has 1 aromatic heterocycles. The first-order valence-corrected chi connectivity index (χ1v) is 6.82. The number of halogens is 2. The van der Waals surface area contributed by atoms with Crippen molar-refractivity contribution in [2.45, 2.75) is 6.92 Å². The van der Waals surface area contributed by atoms with Crippen LogP contribution in [0.3, 0.4) is 0 Å². The Bertz CT molecular complexity index is 871. The number of hydrogen-bond donors (Lipinski definition) is 1. The first-order valence-electron chi connectivity index (χ1n) is 6.06. The van der Waals surface area contributed by atoms with Crippen molar-refractivity contribution >= 4 is 40.3 Å². The minimum absolute atomic E-state index is 0.162. The van der Waals surface area contributed by atoms with E-state index in [1.54, 1.807) is 25.1 Å². The van der Waals surface area contributed by atoms with Crippen molar-refractivity contribution in [2.24, 2.45) is 0 Å². The van der Waals surface area contributed by atoms with Crippen LogP contribution < -0.4 is 0 Å². The Hall–Kier alpha value is -2.04. The van der Waals surface area contributed by atoms with E-state index in [4.69, 9.17) is 32.7 Å². The van der Waals surface area contributed by atoms with E-state index >= 15 is 0 Å². The monoisotopic (exact) mass is 321 g/mol. The molecule has 106 valence electrons. The van der Waals surface area contributed by atoms with Gasteiger partial charge in [0.15, 0.2) is 5.58 Å². The van der Waals surface area contributed by atoms with Crippen LogP contribution in [0, 0.1) is 6.92 Å². The third-order valence-corrected chi connectivity index (χ3v) is 4.01. The van der Waals surface area contributed by atoms with Crippen molar-refractivity contribution in [3.63, 3.8) is 0 Å². The minimum Gasteiger partial charge on any atom is -0.478 e. The number of rotatable bonds is 2. The van der Waals surface area contributed by atoms with Crippen molar-refractivity contribution in [1.29, 1.82) is 0 Å². The Balaban J connectivity index is 2.20. The van der Waals surface area contributed by atoms with Crippen LogP contribution in [0.1, 0.15) is 15.9 Å². The van der Waals surface area contributed by atoms with E-state index in [9.17, 15) is 4.79 Å². The highest BCUT2D eigenvalue weighted by atomic mass is 35.5. The number of carboxylic acids is 1. The molecule has 6 heteroatoms. The number of nitrogens with zero attached hydrogens (tertiary/aromatic N) is 1. The summed E-state index contributed by atoms with van der Waals surface area (Å²) in [6.07, 6.45) is 0. The summed E-state index contributed by atoms with van der Waals surface area (Å²) in [4.78, 5) is 15.3. The third-order valence-electron chi connectivity index (χ3n) is 3.16. The highest BCUT2D eigenvalue weighted by Crippen LogP contribution is 2.35. The van der Waals surface area contributed by atoms with Gasteiger partial charge in [-0.1, -0.05) is 29.3 Å². The maximum absolute atomic E-state index is 11.0. The molecule has 0 aliphatic carbocycles. The lowest BCUT2D eigenvalue weighted by Crippen LogP contribution is -1.95. The molecule has 0 fully saturated rings. The van der Waals surface area contributed by atoms with E-state index in [0.717, 1.165) is 0 Å². The summed E-state index contributed by atoms with van der Waals surface area (Å²) in [5.74, 6) is -0.707. The summed E-state index contributed by atoms with van der Waals surface area (Å²) in [5.41, 5.74) is 2.42. The average molecular weight is 322 g/mol. The molecular weight excluding hydrogens is 313 g/mol. The van der Waals surface area contributed by atoms with Gasteiger partial charge in [-0.3, -0.25) is 0 Å². The van der Waals surface area contributed by atoms with Crippen LogP contribution in [-0.2, 0) is 0 Å². The lowest BCUT2D eigenvalue weighted by atomic mass is 10.1. The number of oxazole rings is 1. The molecular formula is C15H9Cl2NO3. The van der Waals surface area contributed by atoms with E-state index in [0.29, 0.717) is 38.2 Å². The number of carboxylic acid groups (broad SMARTS) is 1. The molecule has 21 heavy (non-hydrogen) atoms. The Morgan fingerprint density at radius 2 is 2.05 bits per heavy atom. The van der Waals surface area contributed by atoms with Crippen LogP contribution in [0.5, 0.6) is 0 Å². The molecule has 0 spiro atoms. The van der Waals surface area contributed by atoms with Crippen LogP contribution in [-0.4, -0.2) is 16.1 Å². The van der Waals surface area contributed by atoms with Crippen LogP contribution in [0.4, 0.5) is 0 Å². The fourth-order valence-electron chi connectivity index (χ4n) is 2.00. The highest BCUT2D eigenvalue weighted by molar-refractivity contribution is 6.39. The number of hydrogen-bond acceptors (Lipinski definition) is 3. The van der Waals surface area contributed by atoms with Crippen molar-refractivity contribution in [3.05, 3.63) is 51.5 Å². The second-order valence-corrected chi connectivity index (χ2v) is 5.34. The fourth-order valence-corrected chi connectivity index (χ4v) is 2.48. The largest absolute Gasteiger partial charge is 0.478 e. The van der Waals surface area contributed by atoms with Crippen molar-refractivity contribution in [3.8, 4) is 11.5 Å². The molecule has 3 rings (SSSR count). The first-order chi connectivity index (χ1) is 9.97. The van der Waals surface area contributed by atoms with Gasteiger partial charge < -0.3 is 9.52 Å². The van der Waals surface area contributed by atoms with E-state index in [2.05, 4.69) is 4.98 Å². The van der Waals surface area contributed by atoms with Gasteiger partial charge in [0.2, 0.25) is 5.89 Å². The molecule has 3 aromatic rings. The summed E-state index contributed by atoms with van der Waals surface area (Å²) in [7, 11) is 0. The fraction of sp³-hybridized carbons (Fsp3) is 0.0667. The second-order valence-electron chi connectivity index (χ2n) is 4.55. The summed E-state index contributed by atoms with van der Waals surface area (Å²) in [6, 6.07) is 8.02. The SMILES string of the molecule is Cc1c(Cl)cc2nc(-c3cccc(C(=O)O)c3)oc2c1Cl. The van der Waals surface area contributed by atoms with Crippen molar-refractivity contribution in [2.75, 3.05) is 0 Å². The van der Waals surface area contributed by atoms with Gasteiger partial charge in [0.1, 0.15) is 5.52 Å². The van der Waals surface area contributed by atoms with Crippen molar-refractivity contribution < 1.29 is 14.3 Å². The quantitative estimate of drug-likeness (QED) is 0.735. The van der Waals surface area contributed by atoms with Gasteiger partial charge in [-0.2, -0.15) is 0 Å². The zero-order valence-electron chi connectivity index (χ0n) is 10.9. The third kappa shape index (κ3) is 2.37. The molecule has 0 amide bonds. The normalized spacial score (nSPS) is 11.0. The van der Waals surface area contributed by atoms with Crippen molar-refractivity contribution in [1.82, 2.24) is 4.98 Å². The molecule has 0 bridgehead atoms. The van der Waals surface area contributed by atoms with Crippen LogP contribution >= 0.6 is 23.2 Å². The van der Waals surface area contributed by atoms with E-state index in [1.807, 2.05) is 0 Å². The smallest absolute Gasteiger partial charge is 0.335 e. The second kappa shape index (κ2) is 5.06. The van der Waals surface area contributed by atoms with E-state index < -0.39 is 5.97 Å². The van der Waals surface area contributed by atoms with Gasteiger partial charge in [-0.05, 0) is 36.8 Å². The maximum Gasteiger partial charge on any atom is 0.335 e. The minimum atomic E-state index is -1.01. The number of carbonyl (C=O) groups is 1. The Labute approximate surface area is 129 Å². The van der Waals surface area contributed by atoms with E-state index in [1.165, 1.54) is 12.1 Å². The molecule has 0 aliphatic heterocycles. The summed E-state index contributed by atoms with van der Waals surface area (Å²) in [6.45, 7) is 1.79. The summed E-state index contributed by atoms with van der Waals surface area (Å²) < 4.78 is 5.66. The predicted molar refractivity (Wildman–Crippen MR) is 81.2 cm³/mol. The molecule has 4 nitrogen and oxygen atoms in total. The standard InChI is InChI=1S/C15H9Cl2NO3/c1-7-10(16)6-11-13(12(7)17)21-14(18-11)8-3-2-4-9(5-8)15(19)20/h2-6H,1H3,(H,19,20). The number of benzene rings is 2. The van der Waals surface area contributed by atoms with Crippen LogP contribution in [0.25, 0.3) is 22.6 Å². The van der Waals surface area contributed by atoms with Gasteiger partial charge >= 0.3 is 5.97 Å². The Kier molecular flexibility index (Phi) is 3.35. The molecule has 1 N–H and O–H groups in total. The highest BCUT2D eigenvalue weighted by Gasteiger charge is 2.16. The molecule has 0 radical (unpaired) electrons. The Morgan fingerprint density at radius 1 is 1.29 bits per heavy atom. The summed E-state index contributed by atoms with van der Waals surface area (Å²) in [5, 5.41) is 9.94. The lowest BCUT2D eigenvalue weighted by Gasteiger charge is -1.99. The average Bonchev–Trinajstić information content (AvgIpc) is 2.89. The molecule has 2 aromatic carbocycles. The van der Waals surface area contributed by atoms with Gasteiger partial charge in [-0.25, -0.2) is 9.78 Å². The number of aromatic carboxylic acids is 1. The van der Waals surface area contributed by atoms with Crippen LogP contribution in [0.15, 0.2) is 34.7 Å². The van der Waals surface area contributed by atoms with Gasteiger partial charge in [0.05, 0.1) is 10.6 Å². The summed E-state index contributed by atoms with van der Waals surface area (Å²) >= 11 is 12.3. The zero-order chi connectivity index (χ0) is 15.1. The number of fused-ring (bicyclic) bond motifs is 1. The van der Waals surface area contributed by atoms with E-state index in [-0.39, 0.29) is 5.56 Å². The first kappa shape index (κ1) is 13.9. The van der Waals surface area contributed by atoms with Gasteiger partial charge in [0, 0.05) is 10.6 Å². The lowest BCUT2D eigenvalue weighted by molar-refractivity contribution is 0.0697. The molecule has 1 heterocycles. The predicted octanol–water partition coefficient (Wildman–Crippen LogP) is 4.81. The maximum atomic E-state index is 11.0. The van der Waals surface area contributed by atoms with Gasteiger partial charge in [0.25, 0.3) is 0 Å². The zero-order valence-corrected chi connectivity index (χ0v) is 12.4. The van der Waals surface area contributed by atoms with Crippen LogP contribution in [0.2, 0.25) is 10.0 Å². The molecule has 0 aliphatic rings.